The number of carbonyl (C=O) groups is 1. The van der Waals surface area contributed by atoms with Crippen molar-refractivity contribution >= 4 is 17.0 Å². The molecule has 118 valence electrons. The summed E-state index contributed by atoms with van der Waals surface area (Å²) in [5.41, 5.74) is 0.656. The summed E-state index contributed by atoms with van der Waals surface area (Å²) < 4.78 is 7.65. The molecule has 0 aliphatic heterocycles. The molecule has 2 aromatic heterocycles. The monoisotopic (exact) mass is 303 g/mol. The van der Waals surface area contributed by atoms with Crippen LogP contribution >= 0.6 is 0 Å². The van der Waals surface area contributed by atoms with Crippen molar-refractivity contribution in [2.75, 3.05) is 0 Å². The molecule has 1 aliphatic rings. The fourth-order valence-electron chi connectivity index (χ4n) is 3.00. The Hall–Kier alpha value is -2.11. The SMILES string of the molecule is CC(C)Oc1nn(C2CCCCC2)c2nc(C(=O)O)ccc12. The molecule has 0 atom stereocenters. The van der Waals surface area contributed by atoms with Crippen LogP contribution in [0.15, 0.2) is 12.1 Å². The van der Waals surface area contributed by atoms with Crippen molar-refractivity contribution in [1.82, 2.24) is 14.8 Å². The molecule has 0 unspecified atom stereocenters. The second-order valence-electron chi connectivity index (χ2n) is 6.08. The molecule has 2 aromatic rings. The number of carboxylic acids is 1. The average molecular weight is 303 g/mol. The van der Waals surface area contributed by atoms with Gasteiger partial charge in [-0.15, -0.1) is 5.10 Å². The minimum atomic E-state index is -1.02. The Morgan fingerprint density at radius 1 is 1.32 bits per heavy atom. The Labute approximate surface area is 129 Å². The van der Waals surface area contributed by atoms with Gasteiger partial charge >= 0.3 is 5.97 Å². The highest BCUT2D eigenvalue weighted by atomic mass is 16.5. The number of hydrogen-bond donors (Lipinski definition) is 1. The van der Waals surface area contributed by atoms with Gasteiger partial charge in [0.05, 0.1) is 17.5 Å². The Morgan fingerprint density at radius 2 is 2.05 bits per heavy atom. The van der Waals surface area contributed by atoms with Crippen LogP contribution in [0, 0.1) is 0 Å². The van der Waals surface area contributed by atoms with Crippen LogP contribution in [0.25, 0.3) is 11.0 Å². The van der Waals surface area contributed by atoms with Crippen LogP contribution in [0.2, 0.25) is 0 Å². The van der Waals surface area contributed by atoms with Crippen LogP contribution in [-0.2, 0) is 0 Å². The van der Waals surface area contributed by atoms with E-state index in [1.165, 1.54) is 25.3 Å². The number of ether oxygens (including phenoxy) is 1. The normalized spacial score (nSPS) is 16.3. The summed E-state index contributed by atoms with van der Waals surface area (Å²) in [6.07, 6.45) is 5.71. The Kier molecular flexibility index (Phi) is 4.00. The minimum Gasteiger partial charge on any atom is -0.477 e. The highest BCUT2D eigenvalue weighted by Gasteiger charge is 2.23. The fourth-order valence-corrected chi connectivity index (χ4v) is 3.00. The van der Waals surface area contributed by atoms with Crippen molar-refractivity contribution in [2.45, 2.75) is 58.1 Å². The molecule has 0 saturated heterocycles. The summed E-state index contributed by atoms with van der Waals surface area (Å²) in [7, 11) is 0. The van der Waals surface area contributed by atoms with Crippen LogP contribution in [0.3, 0.4) is 0 Å². The van der Waals surface area contributed by atoms with Gasteiger partial charge in [0, 0.05) is 0 Å². The summed E-state index contributed by atoms with van der Waals surface area (Å²) in [4.78, 5) is 15.5. The number of rotatable bonds is 4. The number of aromatic nitrogens is 3. The second-order valence-corrected chi connectivity index (χ2v) is 6.08. The molecule has 1 saturated carbocycles. The standard InChI is InChI=1S/C16H21N3O3/c1-10(2)22-15-12-8-9-13(16(20)21)17-14(12)19(18-15)11-6-4-3-5-7-11/h8-11H,3-7H2,1-2H3,(H,20,21). The van der Waals surface area contributed by atoms with Crippen molar-refractivity contribution < 1.29 is 14.6 Å². The van der Waals surface area contributed by atoms with E-state index in [2.05, 4.69) is 10.1 Å². The van der Waals surface area contributed by atoms with Crippen molar-refractivity contribution in [3.05, 3.63) is 17.8 Å². The highest BCUT2D eigenvalue weighted by molar-refractivity contribution is 5.90. The summed E-state index contributed by atoms with van der Waals surface area (Å²) in [6, 6.07) is 3.53. The largest absolute Gasteiger partial charge is 0.477 e. The predicted molar refractivity (Wildman–Crippen MR) is 82.4 cm³/mol. The third kappa shape index (κ3) is 2.77. The molecule has 6 heteroatoms. The van der Waals surface area contributed by atoms with Crippen LogP contribution in [0.5, 0.6) is 5.88 Å². The highest BCUT2D eigenvalue weighted by Crippen LogP contribution is 2.33. The van der Waals surface area contributed by atoms with E-state index in [1.54, 1.807) is 6.07 Å². The van der Waals surface area contributed by atoms with Gasteiger partial charge in [0.1, 0.15) is 0 Å². The minimum absolute atomic E-state index is 0.0112. The number of hydrogen-bond acceptors (Lipinski definition) is 4. The van der Waals surface area contributed by atoms with E-state index in [4.69, 9.17) is 4.74 Å². The zero-order chi connectivity index (χ0) is 15.7. The predicted octanol–water partition coefficient (Wildman–Crippen LogP) is 3.42. The van der Waals surface area contributed by atoms with Gasteiger partial charge in [-0.25, -0.2) is 14.5 Å². The number of fused-ring (bicyclic) bond motifs is 1. The van der Waals surface area contributed by atoms with E-state index in [0.717, 1.165) is 18.2 Å². The third-order valence-electron chi connectivity index (χ3n) is 4.01. The van der Waals surface area contributed by atoms with E-state index >= 15 is 0 Å². The first-order valence-electron chi connectivity index (χ1n) is 7.85. The molecule has 2 heterocycles. The summed E-state index contributed by atoms with van der Waals surface area (Å²) in [5, 5.41) is 14.5. The summed E-state index contributed by atoms with van der Waals surface area (Å²) >= 11 is 0. The van der Waals surface area contributed by atoms with E-state index < -0.39 is 5.97 Å². The van der Waals surface area contributed by atoms with E-state index in [0.29, 0.717) is 11.5 Å². The maximum atomic E-state index is 11.2. The van der Waals surface area contributed by atoms with Crippen LogP contribution < -0.4 is 4.74 Å². The molecular formula is C16H21N3O3. The van der Waals surface area contributed by atoms with Gasteiger partial charge in [0.15, 0.2) is 11.3 Å². The van der Waals surface area contributed by atoms with E-state index in [1.807, 2.05) is 18.5 Å². The smallest absolute Gasteiger partial charge is 0.354 e. The third-order valence-corrected chi connectivity index (χ3v) is 4.01. The van der Waals surface area contributed by atoms with Crippen LogP contribution in [0.4, 0.5) is 0 Å². The lowest BCUT2D eigenvalue weighted by Gasteiger charge is -2.22. The zero-order valence-electron chi connectivity index (χ0n) is 13.0. The first-order valence-corrected chi connectivity index (χ1v) is 7.85. The van der Waals surface area contributed by atoms with Crippen LogP contribution in [0.1, 0.15) is 62.5 Å². The van der Waals surface area contributed by atoms with Crippen molar-refractivity contribution in [3.8, 4) is 5.88 Å². The van der Waals surface area contributed by atoms with Gasteiger partial charge in [-0.1, -0.05) is 19.3 Å². The van der Waals surface area contributed by atoms with Crippen molar-refractivity contribution in [3.63, 3.8) is 0 Å². The maximum absolute atomic E-state index is 11.2. The fraction of sp³-hybridized carbons (Fsp3) is 0.562. The second kappa shape index (κ2) is 5.94. The number of nitrogens with zero attached hydrogens (tertiary/aromatic N) is 3. The van der Waals surface area contributed by atoms with Crippen LogP contribution in [-0.4, -0.2) is 31.9 Å². The van der Waals surface area contributed by atoms with E-state index in [9.17, 15) is 9.90 Å². The van der Waals surface area contributed by atoms with E-state index in [-0.39, 0.29) is 17.8 Å². The Morgan fingerprint density at radius 3 is 2.68 bits per heavy atom. The van der Waals surface area contributed by atoms with Crippen molar-refractivity contribution in [2.24, 2.45) is 0 Å². The molecular weight excluding hydrogens is 282 g/mol. The lowest BCUT2D eigenvalue weighted by Crippen LogP contribution is -2.15. The molecule has 6 nitrogen and oxygen atoms in total. The summed E-state index contributed by atoms with van der Waals surface area (Å²) in [5.74, 6) is -0.482. The van der Waals surface area contributed by atoms with Gasteiger partial charge in [-0.3, -0.25) is 0 Å². The lowest BCUT2D eigenvalue weighted by molar-refractivity contribution is 0.0690. The molecule has 0 radical (unpaired) electrons. The Balaban J connectivity index is 2.11. The number of aromatic carboxylic acids is 1. The van der Waals surface area contributed by atoms with Crippen molar-refractivity contribution in [1.29, 1.82) is 0 Å². The lowest BCUT2D eigenvalue weighted by atomic mass is 9.96. The molecule has 0 amide bonds. The number of carboxylic acid groups (broad SMARTS) is 1. The van der Waals surface area contributed by atoms with Gasteiger partial charge < -0.3 is 9.84 Å². The summed E-state index contributed by atoms with van der Waals surface area (Å²) in [6.45, 7) is 3.90. The maximum Gasteiger partial charge on any atom is 0.354 e. The first kappa shape index (κ1) is 14.8. The molecule has 1 aliphatic carbocycles. The molecule has 3 rings (SSSR count). The average Bonchev–Trinajstić information content (AvgIpc) is 2.85. The van der Waals surface area contributed by atoms with Gasteiger partial charge in [0.25, 0.3) is 0 Å². The number of pyridine rings is 1. The molecule has 0 aromatic carbocycles. The topological polar surface area (TPSA) is 77.2 Å². The first-order chi connectivity index (χ1) is 10.6. The molecule has 0 spiro atoms. The Bertz CT molecular complexity index is 687. The molecule has 0 bridgehead atoms. The van der Waals surface area contributed by atoms with Gasteiger partial charge in [-0.2, -0.15) is 0 Å². The molecule has 22 heavy (non-hydrogen) atoms. The molecule has 1 fully saturated rings. The quantitative estimate of drug-likeness (QED) is 0.936. The van der Waals surface area contributed by atoms with Gasteiger partial charge in [-0.05, 0) is 38.8 Å². The zero-order valence-corrected chi connectivity index (χ0v) is 13.0. The molecule has 1 N–H and O–H groups in total. The van der Waals surface area contributed by atoms with Gasteiger partial charge in [0.2, 0.25) is 5.88 Å².